The van der Waals surface area contributed by atoms with Gasteiger partial charge in [0.05, 0.1) is 11.5 Å². The molecule has 0 bridgehead atoms. The van der Waals surface area contributed by atoms with E-state index in [1.165, 1.54) is 6.92 Å². The van der Waals surface area contributed by atoms with Crippen molar-refractivity contribution in [1.29, 1.82) is 0 Å². The summed E-state index contributed by atoms with van der Waals surface area (Å²) in [4.78, 5) is 10.9. The summed E-state index contributed by atoms with van der Waals surface area (Å²) in [6, 6.07) is 0. The molecule has 1 N–H and O–H groups in total. The molecule has 0 aromatic carbocycles. The average molecular weight is 131 g/mol. The van der Waals surface area contributed by atoms with Gasteiger partial charge in [0, 0.05) is 0 Å². The fraction of sp³-hybridized carbons (Fsp3) is 0.600. The molecule has 46 valence electrons. The quantitative estimate of drug-likeness (QED) is 0.554. The molecule has 0 saturated carbocycles. The lowest BCUT2D eigenvalue weighted by Crippen LogP contribution is -2.23. The van der Waals surface area contributed by atoms with Gasteiger partial charge in [0.1, 0.15) is 5.78 Å². The Labute approximate surface area is 54.3 Å². The molecule has 0 rings (SSSR count). The zero-order valence-electron chi connectivity index (χ0n) is 5.02. The van der Waals surface area contributed by atoms with Crippen LogP contribution in [-0.4, -0.2) is 17.3 Å². The van der Waals surface area contributed by atoms with Crippen LogP contribution in [0.5, 0.6) is 0 Å². The first-order valence-corrected chi connectivity index (χ1v) is 2.77. The van der Waals surface area contributed by atoms with E-state index in [9.17, 15) is 4.79 Å². The van der Waals surface area contributed by atoms with Gasteiger partial charge in [0.25, 0.3) is 0 Å². The third kappa shape index (κ3) is 5.56. The third-order valence-corrected chi connectivity index (χ3v) is 0.731. The van der Waals surface area contributed by atoms with Crippen LogP contribution in [0, 0.1) is 0 Å². The van der Waals surface area contributed by atoms with E-state index in [1.807, 2.05) is 0 Å². The first-order valence-electron chi connectivity index (χ1n) is 2.37. The van der Waals surface area contributed by atoms with Crippen LogP contribution in [-0.2, 0) is 4.79 Å². The Morgan fingerprint density at radius 1 is 1.62 bits per heavy atom. The van der Waals surface area contributed by atoms with Crippen molar-refractivity contribution in [2.75, 3.05) is 6.54 Å². The van der Waals surface area contributed by atoms with E-state index in [0.29, 0.717) is 11.5 Å². The van der Waals surface area contributed by atoms with E-state index >= 15 is 0 Å². The molecular formula is C5H9NOS. The zero-order chi connectivity index (χ0) is 6.57. The predicted octanol–water partition coefficient (Wildman–Crippen LogP) is 0.512. The molecule has 2 nitrogen and oxygen atoms in total. The summed E-state index contributed by atoms with van der Waals surface area (Å²) in [5.74, 6) is 0.106. The molecule has 0 aromatic heterocycles. The SMILES string of the molecule is CC(=O)CNC(C)=S. The molecular weight excluding hydrogens is 122 g/mol. The number of Topliss-reactive ketones (excluding diaryl/α,β-unsaturated/α-hetero) is 1. The van der Waals surface area contributed by atoms with Gasteiger partial charge in [-0.15, -0.1) is 0 Å². The summed E-state index contributed by atoms with van der Waals surface area (Å²) in [5.41, 5.74) is 0. The second kappa shape index (κ2) is 3.55. The smallest absolute Gasteiger partial charge is 0.148 e. The molecule has 0 aliphatic carbocycles. The molecule has 0 aromatic rings. The Morgan fingerprint density at radius 3 is 2.25 bits per heavy atom. The lowest BCUT2D eigenvalue weighted by atomic mass is 10.4. The number of hydrogen-bond donors (Lipinski definition) is 1. The minimum absolute atomic E-state index is 0.106. The van der Waals surface area contributed by atoms with Crippen molar-refractivity contribution in [2.45, 2.75) is 13.8 Å². The van der Waals surface area contributed by atoms with Crippen LogP contribution < -0.4 is 5.32 Å². The first-order chi connectivity index (χ1) is 3.63. The number of carbonyl (C=O) groups is 1. The molecule has 0 saturated heterocycles. The van der Waals surface area contributed by atoms with E-state index in [4.69, 9.17) is 0 Å². The van der Waals surface area contributed by atoms with Crippen molar-refractivity contribution in [3.05, 3.63) is 0 Å². The molecule has 0 spiro atoms. The minimum atomic E-state index is 0.106. The minimum Gasteiger partial charge on any atom is -0.373 e. The maximum absolute atomic E-state index is 10.2. The Bertz CT molecular complexity index is 97.0. The maximum Gasteiger partial charge on any atom is 0.148 e. The van der Waals surface area contributed by atoms with Crippen molar-refractivity contribution >= 4 is 23.0 Å². The Kier molecular flexibility index (Phi) is 3.35. The Hall–Kier alpha value is -0.440. The summed E-state index contributed by atoms with van der Waals surface area (Å²) >= 11 is 4.65. The van der Waals surface area contributed by atoms with Gasteiger partial charge in [0.2, 0.25) is 0 Å². The highest BCUT2D eigenvalue weighted by molar-refractivity contribution is 7.80. The standard InChI is InChI=1S/C5H9NOS/c1-4(7)3-6-5(2)8/h3H2,1-2H3,(H,6,8). The van der Waals surface area contributed by atoms with Crippen molar-refractivity contribution < 1.29 is 4.79 Å². The summed E-state index contributed by atoms with van der Waals surface area (Å²) in [6.45, 7) is 3.62. The van der Waals surface area contributed by atoms with Gasteiger partial charge in [0.15, 0.2) is 0 Å². The highest BCUT2D eigenvalue weighted by atomic mass is 32.1. The van der Waals surface area contributed by atoms with E-state index in [1.54, 1.807) is 6.92 Å². The number of hydrogen-bond acceptors (Lipinski definition) is 2. The van der Waals surface area contributed by atoms with Gasteiger partial charge < -0.3 is 5.32 Å². The Morgan fingerprint density at radius 2 is 2.12 bits per heavy atom. The van der Waals surface area contributed by atoms with Crippen molar-refractivity contribution in [3.8, 4) is 0 Å². The predicted molar refractivity (Wildman–Crippen MR) is 37.0 cm³/mol. The second-order valence-corrected chi connectivity index (χ2v) is 2.22. The summed E-state index contributed by atoms with van der Waals surface area (Å²) < 4.78 is 0. The van der Waals surface area contributed by atoms with Crippen molar-refractivity contribution in [1.82, 2.24) is 5.32 Å². The van der Waals surface area contributed by atoms with Crippen LogP contribution in [0.3, 0.4) is 0 Å². The fourth-order valence-electron chi connectivity index (χ4n) is 0.249. The number of thiocarbonyl (C=S) groups is 1. The molecule has 0 radical (unpaired) electrons. The molecule has 0 aliphatic rings. The van der Waals surface area contributed by atoms with E-state index < -0.39 is 0 Å². The van der Waals surface area contributed by atoms with Gasteiger partial charge in [-0.1, -0.05) is 12.2 Å². The maximum atomic E-state index is 10.2. The number of nitrogens with one attached hydrogen (secondary N) is 1. The van der Waals surface area contributed by atoms with Crippen LogP contribution in [0.25, 0.3) is 0 Å². The summed E-state index contributed by atoms with van der Waals surface area (Å²) in [6.07, 6.45) is 0. The first kappa shape index (κ1) is 7.56. The van der Waals surface area contributed by atoms with Crippen LogP contribution in [0.1, 0.15) is 13.8 Å². The molecule has 0 heterocycles. The molecule has 0 atom stereocenters. The van der Waals surface area contributed by atoms with E-state index in [0.717, 1.165) is 0 Å². The molecule has 3 heteroatoms. The van der Waals surface area contributed by atoms with Gasteiger partial charge in [-0.05, 0) is 13.8 Å². The molecule has 0 fully saturated rings. The van der Waals surface area contributed by atoms with Crippen LogP contribution in [0.4, 0.5) is 0 Å². The summed E-state index contributed by atoms with van der Waals surface area (Å²) in [7, 11) is 0. The van der Waals surface area contributed by atoms with Gasteiger partial charge in [-0.3, -0.25) is 4.79 Å². The van der Waals surface area contributed by atoms with Gasteiger partial charge >= 0.3 is 0 Å². The third-order valence-electron chi connectivity index (χ3n) is 0.586. The van der Waals surface area contributed by atoms with Crippen LogP contribution >= 0.6 is 12.2 Å². The second-order valence-electron chi connectivity index (χ2n) is 1.61. The Balaban J connectivity index is 3.18. The molecule has 8 heavy (non-hydrogen) atoms. The largest absolute Gasteiger partial charge is 0.373 e. The zero-order valence-corrected chi connectivity index (χ0v) is 5.84. The topological polar surface area (TPSA) is 29.1 Å². The van der Waals surface area contributed by atoms with Gasteiger partial charge in [-0.25, -0.2) is 0 Å². The molecule has 0 unspecified atom stereocenters. The normalized spacial score (nSPS) is 8.25. The summed E-state index contributed by atoms with van der Waals surface area (Å²) in [5, 5.41) is 2.73. The van der Waals surface area contributed by atoms with Crippen molar-refractivity contribution in [3.63, 3.8) is 0 Å². The number of ketones is 1. The monoisotopic (exact) mass is 131 g/mol. The number of carbonyl (C=O) groups excluding carboxylic acids is 1. The van der Waals surface area contributed by atoms with Crippen LogP contribution in [0.2, 0.25) is 0 Å². The highest BCUT2D eigenvalue weighted by Crippen LogP contribution is 1.67. The highest BCUT2D eigenvalue weighted by Gasteiger charge is 1.89. The molecule has 0 amide bonds. The van der Waals surface area contributed by atoms with E-state index in [-0.39, 0.29) is 5.78 Å². The molecule has 0 aliphatic heterocycles. The lowest BCUT2D eigenvalue weighted by Gasteiger charge is -1.96. The number of rotatable bonds is 2. The fourth-order valence-corrected chi connectivity index (χ4v) is 0.321. The van der Waals surface area contributed by atoms with E-state index in [2.05, 4.69) is 17.5 Å². The van der Waals surface area contributed by atoms with Gasteiger partial charge in [-0.2, -0.15) is 0 Å². The van der Waals surface area contributed by atoms with Crippen LogP contribution in [0.15, 0.2) is 0 Å². The average Bonchev–Trinajstić information content (AvgIpc) is 1.61. The lowest BCUT2D eigenvalue weighted by molar-refractivity contribution is -0.115. The van der Waals surface area contributed by atoms with Crippen molar-refractivity contribution in [2.24, 2.45) is 0 Å².